The van der Waals surface area contributed by atoms with E-state index in [9.17, 15) is 0 Å². The number of halogens is 3. The van der Waals surface area contributed by atoms with Crippen LogP contribution in [-0.4, -0.2) is 57.9 Å². The van der Waals surface area contributed by atoms with E-state index in [-0.39, 0.29) is 37.2 Å². The van der Waals surface area contributed by atoms with Crippen molar-refractivity contribution in [2.24, 2.45) is 0 Å². The molecule has 8 heteroatoms. The first kappa shape index (κ1) is 29.5. The van der Waals surface area contributed by atoms with Gasteiger partial charge in [-0.05, 0) is 49.2 Å². The second-order valence-corrected chi connectivity index (χ2v) is 7.15. The maximum atomic E-state index is 5.90. The summed E-state index contributed by atoms with van der Waals surface area (Å²) in [6.45, 7) is 9.24. The van der Waals surface area contributed by atoms with Crippen LogP contribution in [0.25, 0.3) is 0 Å². The summed E-state index contributed by atoms with van der Waals surface area (Å²) >= 11 is 0. The molecule has 0 bridgehead atoms. The van der Waals surface area contributed by atoms with Gasteiger partial charge in [-0.25, -0.2) is 0 Å². The van der Waals surface area contributed by atoms with Crippen molar-refractivity contribution < 1.29 is 9.47 Å². The monoisotopic (exact) mass is 491 g/mol. The fourth-order valence-corrected chi connectivity index (χ4v) is 3.52. The van der Waals surface area contributed by atoms with Gasteiger partial charge in [0.25, 0.3) is 0 Å². The summed E-state index contributed by atoms with van der Waals surface area (Å²) in [7, 11) is 1.74. The standard InChI is InChI=1S/C23H33N3O2.3ClH/c1-3-13-24-20-9-11-21(12-10-20)28-19-6-14-25-15-17-26(18-16-25)22-7-4-5-8-23(22)27-2;;;/h4-5,7-12,24H,3,6,13-19H2,1-2H3;3*1H. The predicted molar refractivity (Wildman–Crippen MR) is 139 cm³/mol. The lowest BCUT2D eigenvalue weighted by atomic mass is 10.2. The van der Waals surface area contributed by atoms with Gasteiger partial charge in [0.05, 0.1) is 19.4 Å². The van der Waals surface area contributed by atoms with E-state index in [4.69, 9.17) is 9.47 Å². The lowest BCUT2D eigenvalue weighted by molar-refractivity contribution is 0.224. The number of nitrogens with one attached hydrogen (secondary N) is 1. The zero-order valence-corrected chi connectivity index (χ0v) is 20.9. The van der Waals surface area contributed by atoms with Gasteiger partial charge in [0.15, 0.2) is 0 Å². The number of hydrogen-bond donors (Lipinski definition) is 1. The number of anilines is 2. The summed E-state index contributed by atoms with van der Waals surface area (Å²) in [5, 5.41) is 3.38. The second kappa shape index (κ2) is 16.2. The number of para-hydroxylation sites is 2. The molecule has 1 aliphatic rings. The van der Waals surface area contributed by atoms with Crippen LogP contribution >= 0.6 is 37.2 Å². The van der Waals surface area contributed by atoms with Gasteiger partial charge in [0.1, 0.15) is 11.5 Å². The summed E-state index contributed by atoms with van der Waals surface area (Å²) in [6.07, 6.45) is 2.18. The molecular formula is C23H36Cl3N3O2. The van der Waals surface area contributed by atoms with Crippen LogP contribution in [-0.2, 0) is 0 Å². The fourth-order valence-electron chi connectivity index (χ4n) is 3.52. The zero-order valence-electron chi connectivity index (χ0n) is 18.4. The number of hydrogen-bond acceptors (Lipinski definition) is 5. The van der Waals surface area contributed by atoms with Gasteiger partial charge in [-0.2, -0.15) is 0 Å². The molecule has 176 valence electrons. The molecule has 1 fully saturated rings. The van der Waals surface area contributed by atoms with E-state index < -0.39 is 0 Å². The SMILES string of the molecule is CCCNc1ccc(OCCCN2CCN(c3ccccc3OC)CC2)cc1.Cl.Cl.Cl. The topological polar surface area (TPSA) is 37.0 Å². The molecule has 2 aromatic rings. The minimum absolute atomic E-state index is 0. The molecule has 1 saturated heterocycles. The molecule has 3 rings (SSSR count). The Kier molecular flexibility index (Phi) is 15.4. The molecule has 0 amide bonds. The summed E-state index contributed by atoms with van der Waals surface area (Å²) in [5.41, 5.74) is 2.35. The van der Waals surface area contributed by atoms with Crippen molar-refractivity contribution in [1.82, 2.24) is 4.90 Å². The molecule has 1 heterocycles. The van der Waals surface area contributed by atoms with Crippen molar-refractivity contribution in [3.8, 4) is 11.5 Å². The number of methoxy groups -OCH3 is 1. The quantitative estimate of drug-likeness (QED) is 0.451. The molecule has 5 nitrogen and oxygen atoms in total. The van der Waals surface area contributed by atoms with Crippen LogP contribution in [0.2, 0.25) is 0 Å². The third-order valence-corrected chi connectivity index (χ3v) is 5.12. The highest BCUT2D eigenvalue weighted by molar-refractivity contribution is 5.86. The molecule has 2 aromatic carbocycles. The number of piperazine rings is 1. The van der Waals surface area contributed by atoms with Gasteiger partial charge >= 0.3 is 0 Å². The third-order valence-electron chi connectivity index (χ3n) is 5.12. The summed E-state index contributed by atoms with van der Waals surface area (Å²) in [5.74, 6) is 1.91. The van der Waals surface area contributed by atoms with Crippen LogP contribution in [0.1, 0.15) is 19.8 Å². The fraction of sp³-hybridized carbons (Fsp3) is 0.478. The van der Waals surface area contributed by atoms with E-state index in [2.05, 4.69) is 46.3 Å². The van der Waals surface area contributed by atoms with Crippen molar-refractivity contribution >= 4 is 48.6 Å². The Hall–Kier alpha value is -1.53. The van der Waals surface area contributed by atoms with E-state index in [0.29, 0.717) is 0 Å². The van der Waals surface area contributed by atoms with Gasteiger partial charge in [-0.1, -0.05) is 19.1 Å². The molecule has 0 aliphatic carbocycles. The molecule has 0 radical (unpaired) electrons. The number of benzene rings is 2. The Morgan fingerprint density at radius 2 is 1.58 bits per heavy atom. The first-order valence-electron chi connectivity index (χ1n) is 10.4. The van der Waals surface area contributed by atoms with Gasteiger partial charge < -0.3 is 19.7 Å². The first-order chi connectivity index (χ1) is 13.8. The number of ether oxygens (including phenoxy) is 2. The van der Waals surface area contributed by atoms with E-state index in [1.54, 1.807) is 7.11 Å². The van der Waals surface area contributed by atoms with Gasteiger partial charge in [0, 0.05) is 45.0 Å². The molecule has 0 atom stereocenters. The first-order valence-corrected chi connectivity index (χ1v) is 10.4. The Bertz CT molecular complexity index is 711. The van der Waals surface area contributed by atoms with Crippen molar-refractivity contribution in [2.75, 3.05) is 63.2 Å². The van der Waals surface area contributed by atoms with Crippen LogP contribution in [0.4, 0.5) is 11.4 Å². The van der Waals surface area contributed by atoms with Crippen LogP contribution in [0.15, 0.2) is 48.5 Å². The van der Waals surface area contributed by atoms with Crippen LogP contribution in [0, 0.1) is 0 Å². The van der Waals surface area contributed by atoms with Gasteiger partial charge in [-0.15, -0.1) is 37.2 Å². The van der Waals surface area contributed by atoms with Gasteiger partial charge in [-0.3, -0.25) is 4.90 Å². The van der Waals surface area contributed by atoms with Crippen LogP contribution in [0.5, 0.6) is 11.5 Å². The van der Waals surface area contributed by atoms with E-state index >= 15 is 0 Å². The lowest BCUT2D eigenvalue weighted by Gasteiger charge is -2.36. The smallest absolute Gasteiger partial charge is 0.142 e. The van der Waals surface area contributed by atoms with E-state index in [0.717, 1.165) is 75.9 Å². The normalized spacial score (nSPS) is 13.3. The summed E-state index contributed by atoms with van der Waals surface area (Å²) in [6, 6.07) is 16.5. The van der Waals surface area contributed by atoms with Crippen molar-refractivity contribution in [3.63, 3.8) is 0 Å². The molecule has 0 saturated carbocycles. The summed E-state index contributed by atoms with van der Waals surface area (Å²) in [4.78, 5) is 4.94. The largest absolute Gasteiger partial charge is 0.495 e. The summed E-state index contributed by atoms with van der Waals surface area (Å²) < 4.78 is 11.4. The number of rotatable bonds is 10. The minimum Gasteiger partial charge on any atom is -0.495 e. The average molecular weight is 493 g/mol. The Morgan fingerprint density at radius 3 is 2.23 bits per heavy atom. The van der Waals surface area contributed by atoms with E-state index in [1.807, 2.05) is 24.3 Å². The molecule has 1 aliphatic heterocycles. The average Bonchev–Trinajstić information content (AvgIpc) is 2.76. The van der Waals surface area contributed by atoms with Crippen LogP contribution in [0.3, 0.4) is 0 Å². The second-order valence-electron chi connectivity index (χ2n) is 7.15. The minimum atomic E-state index is 0. The highest BCUT2D eigenvalue weighted by Gasteiger charge is 2.19. The molecule has 31 heavy (non-hydrogen) atoms. The van der Waals surface area contributed by atoms with Crippen molar-refractivity contribution in [3.05, 3.63) is 48.5 Å². The number of nitrogens with zero attached hydrogens (tertiary/aromatic N) is 2. The predicted octanol–water partition coefficient (Wildman–Crippen LogP) is 5.37. The van der Waals surface area contributed by atoms with Crippen LogP contribution < -0.4 is 19.7 Å². The van der Waals surface area contributed by atoms with Gasteiger partial charge in [0.2, 0.25) is 0 Å². The van der Waals surface area contributed by atoms with Crippen molar-refractivity contribution in [2.45, 2.75) is 19.8 Å². The maximum absolute atomic E-state index is 5.90. The molecule has 0 aromatic heterocycles. The third kappa shape index (κ3) is 9.24. The lowest BCUT2D eigenvalue weighted by Crippen LogP contribution is -2.46. The Labute approximate surface area is 205 Å². The Balaban J connectivity index is 0.00000300. The highest BCUT2D eigenvalue weighted by Crippen LogP contribution is 2.28. The maximum Gasteiger partial charge on any atom is 0.142 e. The molecule has 0 unspecified atom stereocenters. The molecule has 1 N–H and O–H groups in total. The molecular weight excluding hydrogens is 457 g/mol. The Morgan fingerprint density at radius 1 is 0.903 bits per heavy atom. The van der Waals surface area contributed by atoms with E-state index in [1.165, 1.54) is 5.69 Å². The van der Waals surface area contributed by atoms with Crippen molar-refractivity contribution in [1.29, 1.82) is 0 Å². The molecule has 0 spiro atoms. The highest BCUT2D eigenvalue weighted by atomic mass is 35.5. The zero-order chi connectivity index (χ0) is 19.6.